The minimum absolute atomic E-state index is 0.00666. The summed E-state index contributed by atoms with van der Waals surface area (Å²) < 4.78 is 16.7. The van der Waals surface area contributed by atoms with Gasteiger partial charge in [-0.25, -0.2) is 0 Å². The van der Waals surface area contributed by atoms with Gasteiger partial charge in [0.05, 0.1) is 18.9 Å². The van der Waals surface area contributed by atoms with Crippen LogP contribution in [0.1, 0.15) is 37.1 Å². The van der Waals surface area contributed by atoms with Crippen molar-refractivity contribution >= 4 is 0 Å². The Morgan fingerprint density at radius 3 is 3.05 bits per heavy atom. The molecular formula is C15H23NO3. The summed E-state index contributed by atoms with van der Waals surface area (Å²) in [5.74, 6) is 0. The molecule has 19 heavy (non-hydrogen) atoms. The molecule has 1 atom stereocenters. The molecule has 0 aliphatic carbocycles. The second-order valence-corrected chi connectivity index (χ2v) is 4.84. The van der Waals surface area contributed by atoms with Gasteiger partial charge in [0.15, 0.2) is 6.29 Å². The van der Waals surface area contributed by atoms with Crippen molar-refractivity contribution in [3.05, 3.63) is 29.6 Å². The second-order valence-electron chi connectivity index (χ2n) is 4.84. The first-order valence-electron chi connectivity index (χ1n) is 7.08. The van der Waals surface area contributed by atoms with Crippen molar-refractivity contribution in [2.75, 3.05) is 19.8 Å². The highest BCUT2D eigenvalue weighted by Gasteiger charge is 2.13. The summed E-state index contributed by atoms with van der Waals surface area (Å²) in [5.41, 5.74) is 2.01. The molecule has 4 heteroatoms. The monoisotopic (exact) mass is 265 g/mol. The average molecular weight is 265 g/mol. The van der Waals surface area contributed by atoms with Crippen LogP contribution in [0, 0.1) is 6.92 Å². The number of hydrogen-bond acceptors (Lipinski definition) is 4. The Labute approximate surface area is 115 Å². The molecule has 0 bridgehead atoms. The topological polar surface area (TPSA) is 40.6 Å². The number of pyridine rings is 1. The molecular weight excluding hydrogens is 242 g/mol. The summed E-state index contributed by atoms with van der Waals surface area (Å²) in [5, 5.41) is 0. The van der Waals surface area contributed by atoms with Gasteiger partial charge in [0, 0.05) is 18.9 Å². The molecule has 0 saturated carbocycles. The fourth-order valence-corrected chi connectivity index (χ4v) is 2.08. The molecule has 4 nitrogen and oxygen atoms in total. The first kappa shape index (κ1) is 14.4. The molecule has 0 radical (unpaired) electrons. The lowest BCUT2D eigenvalue weighted by Crippen LogP contribution is -2.23. The van der Waals surface area contributed by atoms with Crippen molar-refractivity contribution in [1.29, 1.82) is 0 Å². The highest BCUT2D eigenvalue weighted by Crippen LogP contribution is 2.13. The van der Waals surface area contributed by atoms with Crippen LogP contribution in [0.2, 0.25) is 0 Å². The Morgan fingerprint density at radius 1 is 1.32 bits per heavy atom. The average Bonchev–Trinajstić information content (AvgIpc) is 2.44. The third-order valence-electron chi connectivity index (χ3n) is 3.07. The SMILES string of the molecule is Cc1cccc(COCCCOC2CCCCO2)n1. The smallest absolute Gasteiger partial charge is 0.157 e. The number of hydrogen-bond donors (Lipinski definition) is 0. The predicted octanol–water partition coefficient (Wildman–Crippen LogP) is 2.84. The Bertz CT molecular complexity index is 364. The van der Waals surface area contributed by atoms with E-state index in [0.717, 1.165) is 37.3 Å². The number of ether oxygens (including phenoxy) is 3. The molecule has 1 aliphatic rings. The van der Waals surface area contributed by atoms with Gasteiger partial charge < -0.3 is 14.2 Å². The maximum Gasteiger partial charge on any atom is 0.157 e. The van der Waals surface area contributed by atoms with E-state index in [1.807, 2.05) is 25.1 Å². The maximum atomic E-state index is 5.64. The number of nitrogens with zero attached hydrogens (tertiary/aromatic N) is 1. The van der Waals surface area contributed by atoms with Crippen molar-refractivity contribution in [3.8, 4) is 0 Å². The molecule has 1 fully saturated rings. The molecule has 0 amide bonds. The van der Waals surface area contributed by atoms with Crippen molar-refractivity contribution in [3.63, 3.8) is 0 Å². The zero-order valence-electron chi connectivity index (χ0n) is 11.6. The van der Waals surface area contributed by atoms with Crippen LogP contribution in [0.15, 0.2) is 18.2 Å². The van der Waals surface area contributed by atoms with E-state index in [1.165, 1.54) is 6.42 Å². The standard InChI is InChI=1S/C15H23NO3/c1-13-6-4-7-14(16-13)12-17-9-5-11-19-15-8-2-3-10-18-15/h4,6-7,15H,2-3,5,8-12H2,1H3. The summed E-state index contributed by atoms with van der Waals surface area (Å²) in [6.45, 7) is 4.79. The lowest BCUT2D eigenvalue weighted by atomic mass is 10.2. The highest BCUT2D eigenvalue weighted by molar-refractivity contribution is 5.08. The van der Waals surface area contributed by atoms with Crippen LogP contribution in [0.5, 0.6) is 0 Å². The number of rotatable bonds is 7. The largest absolute Gasteiger partial charge is 0.375 e. The first-order valence-corrected chi connectivity index (χ1v) is 7.08. The van der Waals surface area contributed by atoms with Crippen LogP contribution in [0.4, 0.5) is 0 Å². The van der Waals surface area contributed by atoms with Gasteiger partial charge in [-0.3, -0.25) is 4.98 Å². The zero-order chi connectivity index (χ0) is 13.3. The van der Waals surface area contributed by atoms with Crippen LogP contribution >= 0.6 is 0 Å². The van der Waals surface area contributed by atoms with Gasteiger partial charge in [-0.05, 0) is 44.7 Å². The highest BCUT2D eigenvalue weighted by atomic mass is 16.7. The molecule has 106 valence electrons. The zero-order valence-corrected chi connectivity index (χ0v) is 11.6. The van der Waals surface area contributed by atoms with Gasteiger partial charge in [0.25, 0.3) is 0 Å². The van der Waals surface area contributed by atoms with E-state index < -0.39 is 0 Å². The minimum atomic E-state index is 0.00666. The van der Waals surface area contributed by atoms with Crippen LogP contribution < -0.4 is 0 Å². The summed E-state index contributed by atoms with van der Waals surface area (Å²) >= 11 is 0. The van der Waals surface area contributed by atoms with Gasteiger partial charge in [0.2, 0.25) is 0 Å². The quantitative estimate of drug-likeness (QED) is 0.711. The normalized spacial score (nSPS) is 19.5. The molecule has 0 spiro atoms. The van der Waals surface area contributed by atoms with Crippen molar-refractivity contribution in [2.45, 2.75) is 45.5 Å². The maximum absolute atomic E-state index is 5.64. The van der Waals surface area contributed by atoms with E-state index in [0.29, 0.717) is 19.8 Å². The molecule has 1 aromatic rings. The molecule has 0 aromatic carbocycles. The minimum Gasteiger partial charge on any atom is -0.375 e. The van der Waals surface area contributed by atoms with E-state index in [4.69, 9.17) is 14.2 Å². The van der Waals surface area contributed by atoms with E-state index in [1.54, 1.807) is 0 Å². The molecule has 1 aliphatic heterocycles. The van der Waals surface area contributed by atoms with Gasteiger partial charge in [-0.1, -0.05) is 6.07 Å². The molecule has 0 N–H and O–H groups in total. The fourth-order valence-electron chi connectivity index (χ4n) is 2.08. The van der Waals surface area contributed by atoms with Crippen LogP contribution in [0.25, 0.3) is 0 Å². The van der Waals surface area contributed by atoms with Crippen LogP contribution in [-0.4, -0.2) is 31.1 Å². The lowest BCUT2D eigenvalue weighted by molar-refractivity contribution is -0.164. The molecule has 2 heterocycles. The summed E-state index contributed by atoms with van der Waals surface area (Å²) in [6, 6.07) is 5.98. The van der Waals surface area contributed by atoms with Crippen molar-refractivity contribution in [1.82, 2.24) is 4.98 Å². The number of aromatic nitrogens is 1. The third-order valence-corrected chi connectivity index (χ3v) is 3.07. The van der Waals surface area contributed by atoms with Crippen molar-refractivity contribution < 1.29 is 14.2 Å². The molecule has 2 rings (SSSR count). The Morgan fingerprint density at radius 2 is 2.26 bits per heavy atom. The van der Waals surface area contributed by atoms with Crippen LogP contribution in [-0.2, 0) is 20.8 Å². The van der Waals surface area contributed by atoms with E-state index in [9.17, 15) is 0 Å². The predicted molar refractivity (Wildman–Crippen MR) is 72.8 cm³/mol. The van der Waals surface area contributed by atoms with Gasteiger partial charge in [0.1, 0.15) is 0 Å². The molecule has 1 unspecified atom stereocenters. The first-order chi connectivity index (χ1) is 9.34. The second kappa shape index (κ2) is 8.25. The van der Waals surface area contributed by atoms with Gasteiger partial charge >= 0.3 is 0 Å². The fraction of sp³-hybridized carbons (Fsp3) is 0.667. The molecule has 1 aromatic heterocycles. The Kier molecular flexibility index (Phi) is 6.27. The van der Waals surface area contributed by atoms with Crippen molar-refractivity contribution in [2.24, 2.45) is 0 Å². The summed E-state index contributed by atoms with van der Waals surface area (Å²) in [7, 11) is 0. The number of aryl methyl sites for hydroxylation is 1. The van der Waals surface area contributed by atoms with E-state index in [2.05, 4.69) is 4.98 Å². The van der Waals surface area contributed by atoms with E-state index in [-0.39, 0.29) is 6.29 Å². The van der Waals surface area contributed by atoms with Crippen LogP contribution in [0.3, 0.4) is 0 Å². The molecule has 1 saturated heterocycles. The summed E-state index contributed by atoms with van der Waals surface area (Å²) in [6.07, 6.45) is 4.29. The van der Waals surface area contributed by atoms with E-state index >= 15 is 0 Å². The Hall–Kier alpha value is -0.970. The lowest BCUT2D eigenvalue weighted by Gasteiger charge is -2.22. The summed E-state index contributed by atoms with van der Waals surface area (Å²) in [4.78, 5) is 4.39. The van der Waals surface area contributed by atoms with Gasteiger partial charge in [-0.15, -0.1) is 0 Å². The Balaban J connectivity index is 1.50. The van der Waals surface area contributed by atoms with Gasteiger partial charge in [-0.2, -0.15) is 0 Å². The third kappa shape index (κ3) is 5.68.